The van der Waals surface area contributed by atoms with Gasteiger partial charge in [0.05, 0.1) is 11.5 Å². The highest BCUT2D eigenvalue weighted by atomic mass is 19.4. The number of pyridine rings is 1. The maximum absolute atomic E-state index is 13.4. The number of esters is 1. The summed E-state index contributed by atoms with van der Waals surface area (Å²) in [7, 11) is 1.66. The summed E-state index contributed by atoms with van der Waals surface area (Å²) in [5, 5.41) is 0. The van der Waals surface area contributed by atoms with E-state index in [0.29, 0.717) is 36.4 Å². The minimum absolute atomic E-state index is 0.0881. The maximum Gasteiger partial charge on any atom is 0.419 e. The van der Waals surface area contributed by atoms with Crippen molar-refractivity contribution in [3.63, 3.8) is 0 Å². The second-order valence-electron chi connectivity index (χ2n) is 8.80. The monoisotopic (exact) mass is 497 g/mol. The summed E-state index contributed by atoms with van der Waals surface area (Å²) in [4.78, 5) is 32.5. The van der Waals surface area contributed by atoms with Gasteiger partial charge in [0.1, 0.15) is 11.6 Å². The Morgan fingerprint density at radius 3 is 2.42 bits per heavy atom. The second kappa shape index (κ2) is 10.4. The van der Waals surface area contributed by atoms with Gasteiger partial charge >= 0.3 is 12.1 Å². The van der Waals surface area contributed by atoms with Crippen LogP contribution in [0.4, 0.5) is 24.7 Å². The van der Waals surface area contributed by atoms with Gasteiger partial charge < -0.3 is 14.5 Å². The number of anilines is 2. The smallest absolute Gasteiger partial charge is 0.419 e. The summed E-state index contributed by atoms with van der Waals surface area (Å²) in [5.74, 6) is -1.15. The molecule has 1 atom stereocenters. The van der Waals surface area contributed by atoms with Crippen molar-refractivity contribution < 1.29 is 27.5 Å². The topological polar surface area (TPSA) is 62.7 Å². The van der Waals surface area contributed by atoms with Crippen molar-refractivity contribution in [1.29, 1.82) is 0 Å². The highest BCUT2D eigenvalue weighted by molar-refractivity contribution is 6.05. The van der Waals surface area contributed by atoms with Crippen LogP contribution in [0.5, 0.6) is 5.75 Å². The van der Waals surface area contributed by atoms with Gasteiger partial charge in [-0.2, -0.15) is 13.2 Å². The number of nitrogens with zero attached hydrogens (tertiary/aromatic N) is 3. The van der Waals surface area contributed by atoms with Crippen LogP contribution in [0.15, 0.2) is 66.9 Å². The fraction of sp³-hybridized carbons (Fsp3) is 0.296. The normalized spacial score (nSPS) is 15.9. The molecule has 188 valence electrons. The Morgan fingerprint density at radius 1 is 1.06 bits per heavy atom. The summed E-state index contributed by atoms with van der Waals surface area (Å²) < 4.78 is 45.8. The van der Waals surface area contributed by atoms with Gasteiger partial charge in [0.15, 0.2) is 0 Å². The first kappa shape index (κ1) is 25.2. The highest BCUT2D eigenvalue weighted by Crippen LogP contribution is 2.36. The molecule has 0 aliphatic carbocycles. The molecule has 0 bridgehead atoms. The Hall–Kier alpha value is -3.88. The third kappa shape index (κ3) is 5.67. The lowest BCUT2D eigenvalue weighted by Crippen LogP contribution is -2.41. The molecule has 0 saturated carbocycles. The molecule has 6 nitrogen and oxygen atoms in total. The average Bonchev–Trinajstić information content (AvgIpc) is 2.88. The van der Waals surface area contributed by atoms with Crippen LogP contribution in [0.3, 0.4) is 0 Å². The lowest BCUT2D eigenvalue weighted by atomic mass is 9.97. The number of aromatic nitrogens is 1. The number of hydrogen-bond donors (Lipinski definition) is 0. The van der Waals surface area contributed by atoms with E-state index in [4.69, 9.17) is 4.74 Å². The first-order valence-corrected chi connectivity index (χ1v) is 11.6. The molecule has 1 amide bonds. The standard InChI is InChI=1S/C27H26F3N3O3/c1-18-7-9-19(10-8-18)25(34)32(2)21-11-13-22(14-12-21)36-26(35)20-5-4-16-33(17-20)24-23(27(28,29)30)6-3-15-31-24/h3,6-15,20H,4-5,16-17H2,1-2H3. The molecule has 1 aliphatic rings. The van der Waals surface area contributed by atoms with Gasteiger partial charge in [-0.25, -0.2) is 4.98 Å². The minimum Gasteiger partial charge on any atom is -0.426 e. The van der Waals surface area contributed by atoms with E-state index in [1.54, 1.807) is 43.4 Å². The number of piperidine rings is 1. The van der Waals surface area contributed by atoms with Crippen LogP contribution in [0.1, 0.15) is 34.3 Å². The number of hydrogen-bond acceptors (Lipinski definition) is 5. The Kier molecular flexibility index (Phi) is 7.28. The Balaban J connectivity index is 1.40. The lowest BCUT2D eigenvalue weighted by Gasteiger charge is -2.33. The van der Waals surface area contributed by atoms with Crippen molar-refractivity contribution in [3.8, 4) is 5.75 Å². The molecule has 3 aromatic rings. The molecular weight excluding hydrogens is 471 g/mol. The summed E-state index contributed by atoms with van der Waals surface area (Å²) in [5.41, 5.74) is 1.42. The Labute approximate surface area is 207 Å². The minimum atomic E-state index is -4.53. The zero-order valence-electron chi connectivity index (χ0n) is 20.0. The first-order chi connectivity index (χ1) is 17.1. The van der Waals surface area contributed by atoms with Gasteiger partial charge in [0.2, 0.25) is 0 Å². The van der Waals surface area contributed by atoms with Crippen molar-refractivity contribution in [2.24, 2.45) is 5.92 Å². The van der Waals surface area contributed by atoms with E-state index < -0.39 is 23.6 Å². The zero-order valence-corrected chi connectivity index (χ0v) is 20.0. The van der Waals surface area contributed by atoms with Crippen LogP contribution in [-0.2, 0) is 11.0 Å². The van der Waals surface area contributed by atoms with E-state index in [1.165, 1.54) is 22.1 Å². The van der Waals surface area contributed by atoms with Crippen LogP contribution in [-0.4, -0.2) is 37.0 Å². The van der Waals surface area contributed by atoms with Crippen LogP contribution in [0.25, 0.3) is 0 Å². The molecule has 2 aromatic carbocycles. The van der Waals surface area contributed by atoms with Gasteiger partial charge in [-0.05, 0) is 68.3 Å². The van der Waals surface area contributed by atoms with E-state index in [2.05, 4.69) is 4.98 Å². The maximum atomic E-state index is 13.4. The number of carbonyl (C=O) groups excluding carboxylic acids is 2. The Morgan fingerprint density at radius 2 is 1.75 bits per heavy atom. The molecule has 2 heterocycles. The number of benzene rings is 2. The third-order valence-electron chi connectivity index (χ3n) is 6.19. The number of alkyl halides is 3. The quantitative estimate of drug-likeness (QED) is 0.344. The van der Waals surface area contributed by atoms with E-state index >= 15 is 0 Å². The lowest BCUT2D eigenvalue weighted by molar-refractivity contribution is -0.139. The number of aryl methyl sites for hydroxylation is 1. The number of halogens is 3. The summed E-state index contributed by atoms with van der Waals surface area (Å²) in [6.45, 7) is 2.41. The average molecular weight is 498 g/mol. The van der Waals surface area contributed by atoms with Crippen molar-refractivity contribution >= 4 is 23.4 Å². The van der Waals surface area contributed by atoms with Gasteiger partial charge in [-0.15, -0.1) is 0 Å². The van der Waals surface area contributed by atoms with Crippen molar-refractivity contribution in [2.45, 2.75) is 25.9 Å². The summed E-state index contributed by atoms with van der Waals surface area (Å²) >= 11 is 0. The van der Waals surface area contributed by atoms with Gasteiger partial charge in [0, 0.05) is 37.6 Å². The summed E-state index contributed by atoms with van der Waals surface area (Å²) in [6.07, 6.45) is -2.17. The Bertz CT molecular complexity index is 1230. The highest BCUT2D eigenvalue weighted by Gasteiger charge is 2.37. The number of ether oxygens (including phenoxy) is 1. The molecule has 1 aliphatic heterocycles. The predicted molar refractivity (Wildman–Crippen MR) is 130 cm³/mol. The first-order valence-electron chi connectivity index (χ1n) is 11.6. The van der Waals surface area contributed by atoms with E-state index in [9.17, 15) is 22.8 Å². The van der Waals surface area contributed by atoms with E-state index in [1.807, 2.05) is 19.1 Å². The zero-order chi connectivity index (χ0) is 25.9. The van der Waals surface area contributed by atoms with E-state index in [0.717, 1.165) is 11.6 Å². The largest absolute Gasteiger partial charge is 0.426 e. The fourth-order valence-corrected chi connectivity index (χ4v) is 4.18. The molecular formula is C27H26F3N3O3. The third-order valence-corrected chi connectivity index (χ3v) is 6.19. The van der Waals surface area contributed by atoms with Crippen molar-refractivity contribution in [2.75, 3.05) is 29.9 Å². The molecule has 0 spiro atoms. The number of amides is 1. The molecule has 0 radical (unpaired) electrons. The number of carbonyl (C=O) groups is 2. The molecule has 1 saturated heterocycles. The molecule has 1 fully saturated rings. The van der Waals surface area contributed by atoms with E-state index in [-0.39, 0.29) is 18.3 Å². The van der Waals surface area contributed by atoms with Gasteiger partial charge in [-0.1, -0.05) is 17.7 Å². The molecule has 36 heavy (non-hydrogen) atoms. The van der Waals surface area contributed by atoms with Crippen LogP contribution < -0.4 is 14.5 Å². The van der Waals surface area contributed by atoms with Crippen molar-refractivity contribution in [3.05, 3.63) is 83.6 Å². The second-order valence-corrected chi connectivity index (χ2v) is 8.80. The van der Waals surface area contributed by atoms with Crippen LogP contribution in [0.2, 0.25) is 0 Å². The fourth-order valence-electron chi connectivity index (χ4n) is 4.18. The number of rotatable bonds is 5. The van der Waals surface area contributed by atoms with Gasteiger partial charge in [0.25, 0.3) is 5.91 Å². The molecule has 1 aromatic heterocycles. The SMILES string of the molecule is Cc1ccc(C(=O)N(C)c2ccc(OC(=O)C3CCCN(c4ncccc4C(F)(F)F)C3)cc2)cc1. The molecule has 9 heteroatoms. The van der Waals surface area contributed by atoms with Crippen molar-refractivity contribution in [1.82, 2.24) is 4.98 Å². The van der Waals surface area contributed by atoms with Crippen LogP contribution >= 0.6 is 0 Å². The predicted octanol–water partition coefficient (Wildman–Crippen LogP) is 5.51. The van der Waals surface area contributed by atoms with Crippen LogP contribution in [0, 0.1) is 12.8 Å². The molecule has 1 unspecified atom stereocenters. The molecule has 0 N–H and O–H groups in total. The van der Waals surface area contributed by atoms with Gasteiger partial charge in [-0.3, -0.25) is 9.59 Å². The molecule has 4 rings (SSSR count). The summed E-state index contributed by atoms with van der Waals surface area (Å²) in [6, 6.07) is 16.0.